The lowest BCUT2D eigenvalue weighted by molar-refractivity contribution is 0.0530. The van der Waals surface area contributed by atoms with Gasteiger partial charge >= 0.3 is 0 Å². The minimum absolute atomic E-state index is 0. The van der Waals surface area contributed by atoms with Crippen LogP contribution in [0.3, 0.4) is 0 Å². The maximum atomic E-state index is 6.32. The number of likely N-dealkylation sites (tertiary alicyclic amines) is 1. The normalized spacial score (nSPS) is 21.7. The Balaban J connectivity index is 0.00000208. The number of rotatable bonds is 3. The number of nitrogens with zero attached hydrogens (tertiary/aromatic N) is 2. The second-order valence-electron chi connectivity index (χ2n) is 6.83. The van der Waals surface area contributed by atoms with E-state index in [9.17, 15) is 0 Å². The predicted molar refractivity (Wildman–Crippen MR) is 110 cm³/mol. The molecule has 0 aromatic heterocycles. The Morgan fingerprint density at radius 2 is 1.67 bits per heavy atom. The molecule has 2 fully saturated rings. The molecule has 1 aromatic carbocycles. The molecule has 5 heteroatoms. The van der Waals surface area contributed by atoms with Crippen molar-refractivity contribution < 1.29 is 4.74 Å². The van der Waals surface area contributed by atoms with E-state index in [0.717, 1.165) is 51.6 Å². The van der Waals surface area contributed by atoms with Gasteiger partial charge < -0.3 is 15.4 Å². The molecular formula is C19H30IN3O. The Kier molecular flexibility index (Phi) is 7.81. The minimum atomic E-state index is 0. The van der Waals surface area contributed by atoms with Gasteiger partial charge in [0, 0.05) is 31.7 Å². The van der Waals surface area contributed by atoms with Crippen molar-refractivity contribution in [1.29, 1.82) is 0 Å². The van der Waals surface area contributed by atoms with Crippen LogP contribution < -0.4 is 5.73 Å². The Hall–Kier alpha value is -0.820. The molecule has 2 heterocycles. The van der Waals surface area contributed by atoms with Gasteiger partial charge in [-0.05, 0) is 31.2 Å². The Morgan fingerprint density at radius 1 is 1.04 bits per heavy atom. The monoisotopic (exact) mass is 443 g/mol. The van der Waals surface area contributed by atoms with Gasteiger partial charge in [0.2, 0.25) is 0 Å². The number of benzene rings is 1. The molecule has 2 aliphatic rings. The second-order valence-corrected chi connectivity index (χ2v) is 6.83. The van der Waals surface area contributed by atoms with Crippen LogP contribution in [0.5, 0.6) is 0 Å². The van der Waals surface area contributed by atoms with E-state index < -0.39 is 0 Å². The van der Waals surface area contributed by atoms with Crippen molar-refractivity contribution in [2.75, 3.05) is 32.8 Å². The molecule has 134 valence electrons. The third-order valence-corrected chi connectivity index (χ3v) is 5.31. The average molecular weight is 443 g/mol. The number of nitrogens with two attached hydrogens (primary N) is 1. The van der Waals surface area contributed by atoms with Crippen molar-refractivity contribution in [3.05, 3.63) is 35.9 Å². The van der Waals surface area contributed by atoms with Crippen molar-refractivity contribution in [1.82, 2.24) is 4.90 Å². The van der Waals surface area contributed by atoms with E-state index in [4.69, 9.17) is 15.5 Å². The maximum absolute atomic E-state index is 6.32. The highest BCUT2D eigenvalue weighted by molar-refractivity contribution is 14.0. The number of aliphatic imine (C=N–C) groups is 1. The van der Waals surface area contributed by atoms with Crippen LogP contribution in [-0.4, -0.2) is 43.7 Å². The van der Waals surface area contributed by atoms with Crippen LogP contribution >= 0.6 is 24.0 Å². The summed E-state index contributed by atoms with van der Waals surface area (Å²) < 4.78 is 5.60. The quantitative estimate of drug-likeness (QED) is 0.442. The zero-order valence-corrected chi connectivity index (χ0v) is 16.8. The largest absolute Gasteiger partial charge is 0.381 e. The number of ether oxygens (including phenoxy) is 1. The zero-order valence-electron chi connectivity index (χ0n) is 14.5. The zero-order chi connectivity index (χ0) is 16.0. The lowest BCUT2D eigenvalue weighted by Crippen LogP contribution is -2.41. The third-order valence-electron chi connectivity index (χ3n) is 5.31. The first-order valence-corrected chi connectivity index (χ1v) is 8.98. The molecule has 0 radical (unpaired) electrons. The summed E-state index contributed by atoms with van der Waals surface area (Å²) in [5.41, 5.74) is 7.77. The molecule has 24 heavy (non-hydrogen) atoms. The van der Waals surface area contributed by atoms with Crippen molar-refractivity contribution in [3.63, 3.8) is 0 Å². The first kappa shape index (κ1) is 19.5. The van der Waals surface area contributed by atoms with Gasteiger partial charge in [0.1, 0.15) is 0 Å². The van der Waals surface area contributed by atoms with Gasteiger partial charge in [0.15, 0.2) is 5.96 Å². The van der Waals surface area contributed by atoms with Crippen LogP contribution in [0.2, 0.25) is 0 Å². The fourth-order valence-corrected chi connectivity index (χ4v) is 3.72. The molecule has 2 N–H and O–H groups in total. The summed E-state index contributed by atoms with van der Waals surface area (Å²) in [5, 5.41) is 0. The Bertz CT molecular complexity index is 507. The number of hydrogen-bond donors (Lipinski definition) is 1. The van der Waals surface area contributed by atoms with Crippen molar-refractivity contribution in [2.24, 2.45) is 10.7 Å². The molecule has 0 atom stereocenters. The summed E-state index contributed by atoms with van der Waals surface area (Å²) in [5.74, 6) is 0.730. The molecular weight excluding hydrogens is 413 g/mol. The first-order valence-electron chi connectivity index (χ1n) is 8.98. The summed E-state index contributed by atoms with van der Waals surface area (Å²) in [6.07, 6.45) is 7.13. The maximum Gasteiger partial charge on any atom is 0.191 e. The van der Waals surface area contributed by atoms with E-state index in [1.54, 1.807) is 0 Å². The molecule has 1 aromatic rings. The molecule has 0 aliphatic carbocycles. The van der Waals surface area contributed by atoms with Gasteiger partial charge in [-0.15, -0.1) is 24.0 Å². The molecule has 2 aliphatic heterocycles. The van der Waals surface area contributed by atoms with Crippen molar-refractivity contribution >= 4 is 29.9 Å². The van der Waals surface area contributed by atoms with Crippen molar-refractivity contribution in [2.45, 2.75) is 43.9 Å². The highest BCUT2D eigenvalue weighted by Crippen LogP contribution is 2.35. The summed E-state index contributed by atoms with van der Waals surface area (Å²) in [4.78, 5) is 7.10. The van der Waals surface area contributed by atoms with E-state index in [1.807, 2.05) is 0 Å². The summed E-state index contributed by atoms with van der Waals surface area (Å²) >= 11 is 0. The molecule has 3 rings (SSSR count). The second kappa shape index (κ2) is 9.61. The molecule has 0 unspecified atom stereocenters. The first-order chi connectivity index (χ1) is 11.3. The molecule has 4 nitrogen and oxygen atoms in total. The van der Waals surface area contributed by atoms with Crippen LogP contribution in [0, 0.1) is 0 Å². The average Bonchev–Trinajstić information content (AvgIpc) is 2.91. The van der Waals surface area contributed by atoms with Gasteiger partial charge in [-0.25, -0.2) is 0 Å². The molecule has 0 amide bonds. The predicted octanol–water partition coefficient (Wildman–Crippen LogP) is 3.54. The Labute approximate surface area is 162 Å². The fourth-order valence-electron chi connectivity index (χ4n) is 3.72. The lowest BCUT2D eigenvalue weighted by Gasteiger charge is -2.37. The summed E-state index contributed by atoms with van der Waals surface area (Å²) in [6, 6.07) is 10.8. The van der Waals surface area contributed by atoms with Gasteiger partial charge in [0.05, 0.1) is 6.54 Å². The SMILES string of the molecule is I.NC(=NCC1(c2ccccc2)CCOCC1)N1CCCCCC1. The number of halogens is 1. The summed E-state index contributed by atoms with van der Waals surface area (Å²) in [7, 11) is 0. The number of guanidine groups is 1. The minimum Gasteiger partial charge on any atom is -0.381 e. The molecule has 0 bridgehead atoms. The molecule has 0 spiro atoms. The molecule has 0 saturated carbocycles. The lowest BCUT2D eigenvalue weighted by atomic mass is 9.74. The van der Waals surface area contributed by atoms with E-state index in [-0.39, 0.29) is 29.4 Å². The Morgan fingerprint density at radius 3 is 2.29 bits per heavy atom. The van der Waals surface area contributed by atoms with Crippen LogP contribution in [-0.2, 0) is 10.2 Å². The van der Waals surface area contributed by atoms with Crippen LogP contribution in [0.4, 0.5) is 0 Å². The highest BCUT2D eigenvalue weighted by atomic mass is 127. The van der Waals surface area contributed by atoms with Crippen LogP contribution in [0.25, 0.3) is 0 Å². The van der Waals surface area contributed by atoms with Gasteiger partial charge in [0.25, 0.3) is 0 Å². The van der Waals surface area contributed by atoms with E-state index >= 15 is 0 Å². The van der Waals surface area contributed by atoms with Gasteiger partial charge in [-0.1, -0.05) is 43.2 Å². The van der Waals surface area contributed by atoms with Gasteiger partial charge in [-0.2, -0.15) is 0 Å². The van der Waals surface area contributed by atoms with Crippen LogP contribution in [0.15, 0.2) is 35.3 Å². The van der Waals surface area contributed by atoms with E-state index in [0.29, 0.717) is 0 Å². The van der Waals surface area contributed by atoms with Crippen molar-refractivity contribution in [3.8, 4) is 0 Å². The van der Waals surface area contributed by atoms with Crippen LogP contribution in [0.1, 0.15) is 44.1 Å². The highest BCUT2D eigenvalue weighted by Gasteiger charge is 2.34. The smallest absolute Gasteiger partial charge is 0.191 e. The fraction of sp³-hybridized carbons (Fsp3) is 0.632. The van der Waals surface area contributed by atoms with E-state index in [1.165, 1.54) is 31.2 Å². The van der Waals surface area contributed by atoms with Gasteiger partial charge in [-0.3, -0.25) is 4.99 Å². The number of hydrogen-bond acceptors (Lipinski definition) is 2. The standard InChI is InChI=1S/C19H29N3O.HI/c20-18(22-12-6-1-2-7-13-22)21-16-19(10-14-23-15-11-19)17-8-4-3-5-9-17;/h3-5,8-9H,1-2,6-7,10-16H2,(H2,20,21);1H. The molecule has 2 saturated heterocycles. The third kappa shape index (κ3) is 4.85. The van der Waals surface area contributed by atoms with E-state index in [2.05, 4.69) is 35.2 Å². The topological polar surface area (TPSA) is 50.9 Å². The summed E-state index contributed by atoms with van der Waals surface area (Å²) in [6.45, 7) is 4.50.